The molecule has 0 saturated heterocycles. The normalized spacial score (nSPS) is 15.1. The number of fused-ring (bicyclic) bond motifs is 5. The van der Waals surface area contributed by atoms with Crippen molar-refractivity contribution < 1.29 is 14.4 Å². The van der Waals surface area contributed by atoms with Crippen molar-refractivity contribution in [3.8, 4) is 0 Å². The molecule has 21 heteroatoms. The van der Waals surface area contributed by atoms with Crippen molar-refractivity contribution in [2.24, 2.45) is 22.7 Å². The van der Waals surface area contributed by atoms with Gasteiger partial charge >= 0.3 is 0 Å². The van der Waals surface area contributed by atoms with Crippen LogP contribution in [0.5, 0.6) is 0 Å². The second-order valence-corrected chi connectivity index (χ2v) is 30.5. The van der Waals surface area contributed by atoms with E-state index < -0.39 is 0 Å². The van der Waals surface area contributed by atoms with Gasteiger partial charge in [-0.05, 0) is 131 Å². The zero-order valence-corrected chi connectivity index (χ0v) is 60.0. The first-order chi connectivity index (χ1) is 47.6. The van der Waals surface area contributed by atoms with E-state index >= 15 is 0 Å². The first kappa shape index (κ1) is 69.0. The molecule has 3 unspecified atom stereocenters. The van der Waals surface area contributed by atoms with Crippen molar-refractivity contribution in [1.29, 1.82) is 0 Å². The molecule has 4 aliphatic rings. The third kappa shape index (κ3) is 18.1. The predicted molar refractivity (Wildman–Crippen MR) is 400 cm³/mol. The van der Waals surface area contributed by atoms with Gasteiger partial charge in [0.05, 0.1) is 52.2 Å². The van der Waals surface area contributed by atoms with E-state index in [1.165, 1.54) is 107 Å². The monoisotopic (exact) mass is 1420 g/mol. The maximum absolute atomic E-state index is 13.2. The molecule has 4 aliphatic heterocycles. The molecule has 0 radical (unpaired) electrons. The molecule has 8 aromatic heterocycles. The van der Waals surface area contributed by atoms with Gasteiger partial charge in [0.25, 0.3) is 0 Å². The molecular formula is C76H89BrN14O3S3. The zero-order chi connectivity index (χ0) is 66.9. The van der Waals surface area contributed by atoms with Gasteiger partial charge in [0, 0.05) is 145 Å². The molecule has 0 amide bonds. The molecule has 3 atom stereocenters. The van der Waals surface area contributed by atoms with Gasteiger partial charge in [0.1, 0.15) is 0 Å². The third-order valence-electron chi connectivity index (χ3n) is 19.2. The molecule has 17 nitrogen and oxygen atoms in total. The van der Waals surface area contributed by atoms with Crippen LogP contribution in [0.1, 0.15) is 172 Å². The Morgan fingerprint density at radius 3 is 1.37 bits per heavy atom. The smallest absolute Gasteiger partial charge is 0.186 e. The fraction of sp³-hybridized carbons (Fsp3) is 0.408. The second kappa shape index (κ2) is 34.0. The molecule has 0 saturated carbocycles. The van der Waals surface area contributed by atoms with Crippen LogP contribution in [0.15, 0.2) is 142 Å². The summed E-state index contributed by atoms with van der Waals surface area (Å²) in [4.78, 5) is 73.3. The number of carbonyl (C=O) groups is 3. The zero-order valence-electron chi connectivity index (χ0n) is 55.9. The number of H-pyrrole nitrogens is 5. The molecular weight excluding hydrogens is 1330 g/mol. The lowest BCUT2D eigenvalue weighted by Gasteiger charge is -2.25. The van der Waals surface area contributed by atoms with E-state index in [-0.39, 0.29) is 17.3 Å². The number of aliphatic imine (C=N–C) groups is 1. The van der Waals surface area contributed by atoms with Crippen LogP contribution in [0, 0.1) is 17.8 Å². The van der Waals surface area contributed by atoms with Crippen LogP contribution in [0.2, 0.25) is 0 Å². The van der Waals surface area contributed by atoms with Gasteiger partial charge in [-0.2, -0.15) is 10.2 Å². The SMILES string of the molecule is C1=NCC2=C1CNCC2.CCCCC(CC(=O)c1cnc(Br)s1)Cc1c[nH]c2ccccc12.CCCCC(CC(=O)c1cnc(N2CCc3[nH]ncc3C2)s1)Cc1c[nH]c2ccccc12.CCCCC(CC(=O)c1cnc(N2CCc3[nH]ncc3C2)s1)Cc1c[nH]c2ccccc12. The van der Waals surface area contributed by atoms with Crippen LogP contribution in [-0.2, 0) is 45.2 Å². The van der Waals surface area contributed by atoms with Crippen LogP contribution in [0.4, 0.5) is 10.3 Å². The average Bonchev–Trinajstić information content (AvgIpc) is 1.75. The molecule has 0 fully saturated rings. The maximum Gasteiger partial charge on any atom is 0.186 e. The summed E-state index contributed by atoms with van der Waals surface area (Å²) in [7, 11) is 0. The number of hydrogen-bond donors (Lipinski definition) is 6. The minimum Gasteiger partial charge on any atom is -0.361 e. The van der Waals surface area contributed by atoms with Gasteiger partial charge in [-0.25, -0.2) is 15.0 Å². The molecule has 0 bridgehead atoms. The predicted octanol–water partition coefficient (Wildman–Crippen LogP) is 17.4. The van der Waals surface area contributed by atoms with E-state index in [1.807, 2.05) is 24.7 Å². The minimum atomic E-state index is 0.208. The molecule has 0 spiro atoms. The van der Waals surface area contributed by atoms with Crippen molar-refractivity contribution in [3.05, 3.63) is 191 Å². The van der Waals surface area contributed by atoms with Crippen molar-refractivity contribution in [1.82, 2.24) is 55.6 Å². The molecule has 97 heavy (non-hydrogen) atoms. The van der Waals surface area contributed by atoms with Gasteiger partial charge in [-0.3, -0.25) is 29.6 Å². The largest absolute Gasteiger partial charge is 0.361 e. The quantitative estimate of drug-likeness (QED) is 0.0280. The van der Waals surface area contributed by atoms with Gasteiger partial charge in [-0.1, -0.05) is 137 Å². The average molecular weight is 1420 g/mol. The lowest BCUT2D eigenvalue weighted by Crippen LogP contribution is -2.29. The highest BCUT2D eigenvalue weighted by Crippen LogP contribution is 2.35. The fourth-order valence-corrected chi connectivity index (χ4v) is 16.8. The second-order valence-electron chi connectivity index (χ2n) is 26.2. The fourth-order valence-electron chi connectivity index (χ4n) is 13.8. The Morgan fingerprint density at radius 2 is 0.959 bits per heavy atom. The summed E-state index contributed by atoms with van der Waals surface area (Å²) in [5.41, 5.74) is 15.3. The summed E-state index contributed by atoms with van der Waals surface area (Å²) < 4.78 is 0.771. The number of ketones is 3. The first-order valence-corrected chi connectivity index (χ1v) is 38.0. The summed E-state index contributed by atoms with van der Waals surface area (Å²) in [6.45, 7) is 13.2. The number of carbonyl (C=O) groups excluding carboxylic acids is 3. The van der Waals surface area contributed by atoms with E-state index in [1.54, 1.807) is 24.2 Å². The summed E-state index contributed by atoms with van der Waals surface area (Å²) >= 11 is 7.82. The van der Waals surface area contributed by atoms with Crippen molar-refractivity contribution in [3.63, 3.8) is 0 Å². The summed E-state index contributed by atoms with van der Waals surface area (Å²) in [5, 5.41) is 23.4. The lowest BCUT2D eigenvalue weighted by atomic mass is 9.89. The Bertz CT molecular complexity index is 4250. The van der Waals surface area contributed by atoms with Crippen LogP contribution in [0.3, 0.4) is 0 Å². The topological polar surface area (TPSA) is 225 Å². The van der Waals surface area contributed by atoms with Gasteiger partial charge < -0.3 is 30.1 Å². The Balaban J connectivity index is 0.000000131. The lowest BCUT2D eigenvalue weighted by molar-refractivity contribution is 0.0953. The Hall–Kier alpha value is -7.95. The number of thiazole rings is 3. The highest BCUT2D eigenvalue weighted by atomic mass is 79.9. The Kier molecular flexibility index (Phi) is 24.2. The van der Waals surface area contributed by atoms with Crippen LogP contribution in [-0.4, -0.2) is 107 Å². The molecule has 506 valence electrons. The van der Waals surface area contributed by atoms with E-state index in [0.29, 0.717) is 37.0 Å². The number of rotatable bonds is 26. The van der Waals surface area contributed by atoms with E-state index in [9.17, 15) is 14.4 Å². The van der Waals surface area contributed by atoms with Crippen molar-refractivity contribution >= 4 is 116 Å². The number of hydrogen-bond acceptors (Lipinski definition) is 15. The molecule has 12 heterocycles. The highest BCUT2D eigenvalue weighted by molar-refractivity contribution is 9.11. The van der Waals surface area contributed by atoms with Crippen LogP contribution >= 0.6 is 49.9 Å². The van der Waals surface area contributed by atoms with E-state index in [4.69, 9.17) is 0 Å². The number of para-hydroxylation sites is 3. The molecule has 15 rings (SSSR count). The number of nitrogens with zero attached hydrogens (tertiary/aromatic N) is 8. The van der Waals surface area contributed by atoms with Crippen molar-refractivity contribution in [2.45, 2.75) is 149 Å². The molecule has 6 N–H and O–H groups in total. The number of Topliss-reactive ketones (excluding diaryl/α,β-unsaturated/α-hetero) is 3. The molecule has 3 aromatic carbocycles. The van der Waals surface area contributed by atoms with Gasteiger partial charge in [0.2, 0.25) is 0 Å². The number of aromatic amines is 5. The van der Waals surface area contributed by atoms with E-state index in [2.05, 4.69) is 192 Å². The Morgan fingerprint density at radius 1 is 0.536 bits per heavy atom. The molecule has 0 aliphatic carbocycles. The third-order valence-corrected chi connectivity index (χ3v) is 22.9. The first-order valence-electron chi connectivity index (χ1n) is 34.8. The highest BCUT2D eigenvalue weighted by Gasteiger charge is 2.27. The minimum absolute atomic E-state index is 0.208. The number of halogens is 1. The van der Waals surface area contributed by atoms with Gasteiger partial charge in [-0.15, -0.1) is 11.3 Å². The summed E-state index contributed by atoms with van der Waals surface area (Å²) in [6.07, 6.45) is 35.1. The standard InChI is InChI=1S/2C25H29N5OS.C19H21BrN2OS.C7H10N2/c2*1-2-3-6-17(11-18-13-26-22-8-5-4-7-20(18)22)12-23(31)24-15-27-25(32-24)30-10-9-21-19(16-30)14-28-29-21;1-2-3-6-13(10-17(23)18-12-22-19(20)24-18)9-14-11-21-16-8-5-4-7-15(14)16;1-2-8-4-7-5-9-3-6(1)7/h2*4-5,7-8,13-15,17,26H,2-3,6,9-12,16H2,1H3,(H,28,29);4-5,7-8,11-13,21H,2-3,6,9-10H2,1H3;5,8H,1-4H2. The van der Waals surface area contributed by atoms with Crippen molar-refractivity contribution in [2.75, 3.05) is 42.5 Å². The van der Waals surface area contributed by atoms with Gasteiger partial charge in [0.15, 0.2) is 31.5 Å². The Labute approximate surface area is 588 Å². The summed E-state index contributed by atoms with van der Waals surface area (Å²) in [6, 6.07) is 25.2. The van der Waals surface area contributed by atoms with Crippen LogP contribution in [0.25, 0.3) is 32.7 Å². The molecule has 11 aromatic rings. The number of nitrogens with one attached hydrogen (secondary N) is 6. The van der Waals surface area contributed by atoms with E-state index in [0.717, 1.165) is 176 Å². The maximum atomic E-state index is 13.2. The van der Waals surface area contributed by atoms with Crippen LogP contribution < -0.4 is 15.1 Å². The number of aromatic nitrogens is 10. The number of unbranched alkanes of at least 4 members (excludes halogenated alkanes) is 3. The number of anilines is 2. The number of benzene rings is 3. The summed E-state index contributed by atoms with van der Waals surface area (Å²) in [5.74, 6) is 1.70.